The number of thioether (sulfide) groups is 1. The lowest BCUT2D eigenvalue weighted by atomic mass is 9.96. The van der Waals surface area contributed by atoms with E-state index in [-0.39, 0.29) is 5.54 Å². The second kappa shape index (κ2) is 7.07. The van der Waals surface area contributed by atoms with Crippen molar-refractivity contribution < 1.29 is 4.74 Å². The third kappa shape index (κ3) is 3.51. The Kier molecular flexibility index (Phi) is 5.69. The summed E-state index contributed by atoms with van der Waals surface area (Å²) >= 11 is 3.92. The molecule has 1 N–H and O–H groups in total. The van der Waals surface area contributed by atoms with Crippen LogP contribution in [0.25, 0.3) is 0 Å². The van der Waals surface area contributed by atoms with Gasteiger partial charge in [0.25, 0.3) is 0 Å². The molecule has 1 aromatic heterocycles. The van der Waals surface area contributed by atoms with Crippen molar-refractivity contribution in [2.75, 3.05) is 31.8 Å². The van der Waals surface area contributed by atoms with Gasteiger partial charge in [-0.05, 0) is 31.9 Å². The maximum Gasteiger partial charge on any atom is 0.114 e. The summed E-state index contributed by atoms with van der Waals surface area (Å²) in [7, 11) is 1.76. The molecule has 108 valence electrons. The number of aromatic nitrogens is 1. The van der Waals surface area contributed by atoms with Gasteiger partial charge in [0, 0.05) is 24.3 Å². The minimum absolute atomic E-state index is 0.0737. The molecule has 1 saturated heterocycles. The fraction of sp³-hybridized carbons (Fsp3) is 0.786. The van der Waals surface area contributed by atoms with Crippen LogP contribution in [0.1, 0.15) is 35.3 Å². The molecule has 1 aliphatic rings. The number of rotatable bonds is 6. The third-order valence-corrected chi connectivity index (χ3v) is 6.14. The minimum Gasteiger partial charge on any atom is -0.383 e. The van der Waals surface area contributed by atoms with Crippen molar-refractivity contribution in [1.82, 2.24) is 10.3 Å². The van der Waals surface area contributed by atoms with Crippen LogP contribution in [0.5, 0.6) is 0 Å². The molecule has 0 aliphatic carbocycles. The highest BCUT2D eigenvalue weighted by Crippen LogP contribution is 2.38. The van der Waals surface area contributed by atoms with Gasteiger partial charge in [0.05, 0.1) is 17.8 Å². The van der Waals surface area contributed by atoms with Crippen LogP contribution in [0.15, 0.2) is 0 Å². The van der Waals surface area contributed by atoms with Gasteiger partial charge in [0.2, 0.25) is 0 Å². The molecule has 0 amide bonds. The van der Waals surface area contributed by atoms with Crippen molar-refractivity contribution in [2.24, 2.45) is 0 Å². The first-order valence-electron chi connectivity index (χ1n) is 7.00. The van der Waals surface area contributed by atoms with Crippen LogP contribution in [-0.2, 0) is 16.7 Å². The first-order chi connectivity index (χ1) is 9.22. The lowest BCUT2D eigenvalue weighted by Crippen LogP contribution is -2.47. The molecule has 19 heavy (non-hydrogen) atoms. The molecule has 5 heteroatoms. The second-order valence-corrected chi connectivity index (χ2v) is 7.34. The monoisotopic (exact) mass is 300 g/mol. The lowest BCUT2D eigenvalue weighted by molar-refractivity contribution is 0.184. The molecule has 0 bridgehead atoms. The highest BCUT2D eigenvalue weighted by Gasteiger charge is 2.36. The fourth-order valence-electron chi connectivity index (χ4n) is 2.53. The summed E-state index contributed by atoms with van der Waals surface area (Å²) in [5.41, 5.74) is 1.34. The molecular weight excluding hydrogens is 276 g/mol. The van der Waals surface area contributed by atoms with E-state index in [1.54, 1.807) is 7.11 Å². The van der Waals surface area contributed by atoms with E-state index in [0.29, 0.717) is 0 Å². The van der Waals surface area contributed by atoms with Crippen LogP contribution in [0.4, 0.5) is 0 Å². The van der Waals surface area contributed by atoms with E-state index in [2.05, 4.69) is 19.2 Å². The lowest BCUT2D eigenvalue weighted by Gasteiger charge is -2.36. The maximum absolute atomic E-state index is 5.18. The number of methoxy groups -OCH3 is 1. The van der Waals surface area contributed by atoms with E-state index in [0.717, 1.165) is 25.3 Å². The van der Waals surface area contributed by atoms with E-state index in [9.17, 15) is 0 Å². The van der Waals surface area contributed by atoms with Gasteiger partial charge in [-0.3, -0.25) is 0 Å². The third-order valence-electron chi connectivity index (χ3n) is 3.65. The van der Waals surface area contributed by atoms with Gasteiger partial charge in [-0.1, -0.05) is 6.92 Å². The summed E-state index contributed by atoms with van der Waals surface area (Å²) in [5.74, 6) is 2.41. The number of ether oxygens (including phenoxy) is 1. The Morgan fingerprint density at radius 2 is 2.32 bits per heavy atom. The number of hydrogen-bond acceptors (Lipinski definition) is 5. The number of nitrogens with one attached hydrogen (secondary N) is 1. The van der Waals surface area contributed by atoms with Crippen LogP contribution in [0.2, 0.25) is 0 Å². The Bertz CT molecular complexity index is 400. The number of aryl methyl sites for hydroxylation is 2. The zero-order chi connectivity index (χ0) is 13.7. The standard InChI is InChI=1S/C14H24N2OS2/c1-4-12-11(2)19-13(16-12)14(15-7-8-17-3)6-5-9-18-10-14/h15H,4-10H2,1-3H3. The summed E-state index contributed by atoms with van der Waals surface area (Å²) in [5, 5.41) is 5.00. The van der Waals surface area contributed by atoms with Crippen molar-refractivity contribution >= 4 is 23.1 Å². The molecule has 1 aliphatic heterocycles. The normalized spacial score (nSPS) is 23.7. The van der Waals surface area contributed by atoms with Crippen molar-refractivity contribution in [1.29, 1.82) is 0 Å². The Morgan fingerprint density at radius 1 is 1.47 bits per heavy atom. The molecule has 3 nitrogen and oxygen atoms in total. The van der Waals surface area contributed by atoms with Gasteiger partial charge in [-0.2, -0.15) is 11.8 Å². The zero-order valence-corrected chi connectivity index (χ0v) is 13.8. The summed E-state index contributed by atoms with van der Waals surface area (Å²) in [4.78, 5) is 6.28. The van der Waals surface area contributed by atoms with Crippen molar-refractivity contribution in [3.63, 3.8) is 0 Å². The largest absolute Gasteiger partial charge is 0.383 e. The quantitative estimate of drug-likeness (QED) is 0.819. The van der Waals surface area contributed by atoms with Gasteiger partial charge < -0.3 is 10.1 Å². The molecule has 2 heterocycles. The van der Waals surface area contributed by atoms with Crippen LogP contribution >= 0.6 is 23.1 Å². The highest BCUT2D eigenvalue weighted by atomic mass is 32.2. The molecule has 0 saturated carbocycles. The first kappa shape index (κ1) is 15.3. The Balaban J connectivity index is 2.19. The average Bonchev–Trinajstić information content (AvgIpc) is 2.82. The number of thiazole rings is 1. The highest BCUT2D eigenvalue weighted by molar-refractivity contribution is 7.99. The summed E-state index contributed by atoms with van der Waals surface area (Å²) in [6.45, 7) is 6.04. The summed E-state index contributed by atoms with van der Waals surface area (Å²) < 4.78 is 5.18. The second-order valence-electron chi connectivity index (χ2n) is 5.03. The maximum atomic E-state index is 5.18. The van der Waals surface area contributed by atoms with Crippen LogP contribution in [0, 0.1) is 6.92 Å². The molecule has 2 rings (SSSR count). The van der Waals surface area contributed by atoms with Crippen LogP contribution in [-0.4, -0.2) is 36.8 Å². The van der Waals surface area contributed by atoms with E-state index < -0.39 is 0 Å². The number of hydrogen-bond donors (Lipinski definition) is 1. The van der Waals surface area contributed by atoms with Crippen LogP contribution in [0.3, 0.4) is 0 Å². The van der Waals surface area contributed by atoms with Crippen molar-refractivity contribution in [2.45, 2.75) is 38.6 Å². The molecular formula is C14H24N2OS2. The predicted molar refractivity (Wildman–Crippen MR) is 84.3 cm³/mol. The topological polar surface area (TPSA) is 34.2 Å². The van der Waals surface area contributed by atoms with E-state index in [4.69, 9.17) is 9.72 Å². The van der Waals surface area contributed by atoms with Gasteiger partial charge in [-0.15, -0.1) is 11.3 Å². The summed E-state index contributed by atoms with van der Waals surface area (Å²) in [6.07, 6.45) is 3.49. The van der Waals surface area contributed by atoms with E-state index in [1.807, 2.05) is 23.1 Å². The molecule has 0 aromatic carbocycles. The van der Waals surface area contributed by atoms with Gasteiger partial charge >= 0.3 is 0 Å². The van der Waals surface area contributed by atoms with Crippen molar-refractivity contribution in [3.05, 3.63) is 15.6 Å². The van der Waals surface area contributed by atoms with Gasteiger partial charge in [0.15, 0.2) is 0 Å². The molecule has 0 radical (unpaired) electrons. The van der Waals surface area contributed by atoms with Crippen molar-refractivity contribution in [3.8, 4) is 0 Å². The smallest absolute Gasteiger partial charge is 0.114 e. The Labute approximate surface area is 124 Å². The van der Waals surface area contributed by atoms with E-state index >= 15 is 0 Å². The Hall–Kier alpha value is -0.100. The minimum atomic E-state index is 0.0737. The predicted octanol–water partition coefficient (Wildman–Crippen LogP) is 2.97. The molecule has 1 atom stereocenters. The molecule has 0 spiro atoms. The number of nitrogens with zero attached hydrogens (tertiary/aromatic N) is 1. The average molecular weight is 300 g/mol. The first-order valence-corrected chi connectivity index (χ1v) is 8.97. The Morgan fingerprint density at radius 3 is 2.89 bits per heavy atom. The van der Waals surface area contributed by atoms with E-state index in [1.165, 1.54) is 34.2 Å². The summed E-state index contributed by atoms with van der Waals surface area (Å²) in [6, 6.07) is 0. The van der Waals surface area contributed by atoms with Gasteiger partial charge in [0.1, 0.15) is 5.01 Å². The van der Waals surface area contributed by atoms with Crippen LogP contribution < -0.4 is 5.32 Å². The molecule has 1 unspecified atom stereocenters. The zero-order valence-electron chi connectivity index (χ0n) is 12.1. The molecule has 1 fully saturated rings. The fourth-order valence-corrected chi connectivity index (χ4v) is 5.04. The molecule has 1 aromatic rings. The SMILES string of the molecule is CCc1nc(C2(NCCOC)CCCSC2)sc1C. The van der Waals surface area contributed by atoms with Gasteiger partial charge in [-0.25, -0.2) is 4.98 Å².